The molecule has 20 heteroatoms. The minimum atomic E-state index is -5.08. The molecule has 3 aromatic rings. The van der Waals surface area contributed by atoms with E-state index in [4.69, 9.17) is 33.1 Å². The Hall–Kier alpha value is -4.49. The fraction of sp³-hybridized carbons (Fsp3) is 0.300. The van der Waals surface area contributed by atoms with Crippen LogP contribution in [0, 0.1) is 0 Å². The minimum Gasteiger partial charge on any atom is -0.475 e. The predicted molar refractivity (Wildman–Crippen MR) is 179 cm³/mol. The van der Waals surface area contributed by atoms with Gasteiger partial charge in [-0.05, 0) is 63.3 Å². The third-order valence-corrected chi connectivity index (χ3v) is 9.28. The number of sulfonamides is 1. The third kappa shape index (κ3) is 11.3. The number of benzene rings is 2. The van der Waals surface area contributed by atoms with Crippen molar-refractivity contribution in [3.8, 4) is 0 Å². The molecule has 270 valence electrons. The molecule has 3 amide bonds. The molecule has 0 spiro atoms. The molecule has 2 heterocycles. The van der Waals surface area contributed by atoms with Crippen LogP contribution >= 0.6 is 23.2 Å². The van der Waals surface area contributed by atoms with Crippen molar-refractivity contribution in [2.75, 3.05) is 44.4 Å². The van der Waals surface area contributed by atoms with E-state index >= 15 is 0 Å². The Labute approximate surface area is 294 Å². The van der Waals surface area contributed by atoms with Gasteiger partial charge in [0.1, 0.15) is 5.69 Å². The van der Waals surface area contributed by atoms with E-state index < -0.39 is 40.0 Å². The summed E-state index contributed by atoms with van der Waals surface area (Å²) in [7, 11) is -0.0302. The third-order valence-electron chi connectivity index (χ3n) is 6.78. The first-order chi connectivity index (χ1) is 23.4. The minimum absolute atomic E-state index is 0.0166. The molecule has 2 aromatic carbocycles. The van der Waals surface area contributed by atoms with Crippen LogP contribution in [-0.4, -0.2) is 103 Å². The lowest BCUT2D eigenvalue weighted by Gasteiger charge is -2.18. The van der Waals surface area contributed by atoms with E-state index in [-0.39, 0.29) is 50.9 Å². The topological polar surface area (TPSA) is 194 Å². The second-order valence-electron chi connectivity index (χ2n) is 10.8. The van der Waals surface area contributed by atoms with E-state index in [1.807, 2.05) is 19.0 Å². The van der Waals surface area contributed by atoms with Crippen molar-refractivity contribution >= 4 is 68.3 Å². The van der Waals surface area contributed by atoms with Crippen LogP contribution in [0.25, 0.3) is 0 Å². The number of rotatable bonds is 11. The molecule has 50 heavy (non-hydrogen) atoms. The van der Waals surface area contributed by atoms with Crippen molar-refractivity contribution in [1.29, 1.82) is 0 Å². The molecule has 0 bridgehead atoms. The van der Waals surface area contributed by atoms with Gasteiger partial charge in [0.25, 0.3) is 11.8 Å². The van der Waals surface area contributed by atoms with Crippen LogP contribution in [0.3, 0.4) is 0 Å². The summed E-state index contributed by atoms with van der Waals surface area (Å²) in [6, 6.07) is 10.2. The number of carbonyl (C=O) groups excluding carboxylic acids is 3. The first-order valence-electron chi connectivity index (χ1n) is 14.5. The average Bonchev–Trinajstić information content (AvgIpc) is 3.69. The highest BCUT2D eigenvalue weighted by atomic mass is 35.5. The van der Waals surface area contributed by atoms with E-state index in [0.717, 1.165) is 6.54 Å². The molecule has 1 aliphatic rings. The number of H-pyrrole nitrogens is 1. The molecule has 0 radical (unpaired) electrons. The number of amides is 3. The molecule has 1 aliphatic heterocycles. The number of carbonyl (C=O) groups is 4. The zero-order valence-corrected chi connectivity index (χ0v) is 28.8. The van der Waals surface area contributed by atoms with Gasteiger partial charge in [-0.25, -0.2) is 13.2 Å². The number of anilines is 2. The van der Waals surface area contributed by atoms with Crippen LogP contribution in [0.2, 0.25) is 10.0 Å². The van der Waals surface area contributed by atoms with E-state index in [2.05, 4.69) is 26.1 Å². The van der Waals surface area contributed by atoms with Crippen LogP contribution in [0.15, 0.2) is 65.7 Å². The van der Waals surface area contributed by atoms with Crippen molar-refractivity contribution < 1.29 is 45.9 Å². The summed E-state index contributed by atoms with van der Waals surface area (Å²) in [5, 5.41) is 21.9. The number of nitrogens with zero attached hydrogens (tertiary/aromatic N) is 3. The zero-order valence-electron chi connectivity index (χ0n) is 26.4. The van der Waals surface area contributed by atoms with Crippen LogP contribution in [-0.2, 0) is 19.6 Å². The summed E-state index contributed by atoms with van der Waals surface area (Å²) in [4.78, 5) is 49.0. The summed E-state index contributed by atoms with van der Waals surface area (Å²) < 4.78 is 59.7. The van der Waals surface area contributed by atoms with Crippen molar-refractivity contribution in [2.45, 2.75) is 30.0 Å². The van der Waals surface area contributed by atoms with Gasteiger partial charge in [-0.15, -0.1) is 0 Å². The number of hydrogen-bond acceptors (Lipinski definition) is 8. The maximum absolute atomic E-state index is 13.4. The standard InChI is InChI=1S/C28H31Cl2N7O5S.C2HF3O2/c1-36(2)13-4-3-11-24(38)32-18-7-5-8-20(15-18)43(41,42)37-14-12-19(17-37)33-28(40)26-23(16-31-35-26)34-27(39)25-21(29)9-6-10-22(25)30;3-2(4,5)1(6)7/h3,5-11,15-16,19H,4,12-14,17H2,1-2H3,(H,31,35)(H,32,38)(H,33,40)(H,34,39);(H,6,7)/b11-3+;/t19-;/m0./s1. The lowest BCUT2D eigenvalue weighted by Crippen LogP contribution is -2.39. The smallest absolute Gasteiger partial charge is 0.475 e. The summed E-state index contributed by atoms with van der Waals surface area (Å²) in [5.41, 5.74) is 0.485. The van der Waals surface area contributed by atoms with Crippen molar-refractivity contribution in [2.24, 2.45) is 0 Å². The number of aromatic amines is 1. The SMILES string of the molecule is CN(C)CC/C=C/C(=O)Nc1cccc(S(=O)(=O)N2CC[C@H](NC(=O)c3[nH]ncc3NC(=O)c3c(Cl)cccc3Cl)C2)c1.O=C(O)C(F)(F)F. The molecule has 0 aliphatic carbocycles. The normalized spacial score (nSPS) is 15.0. The average molecular weight is 763 g/mol. The Kier molecular flexibility index (Phi) is 13.9. The molecule has 1 atom stereocenters. The van der Waals surface area contributed by atoms with Crippen LogP contribution in [0.5, 0.6) is 0 Å². The quantitative estimate of drug-likeness (QED) is 0.178. The molecule has 5 N–H and O–H groups in total. The molecule has 14 nitrogen and oxygen atoms in total. The van der Waals surface area contributed by atoms with Crippen LogP contribution in [0.1, 0.15) is 33.7 Å². The maximum atomic E-state index is 13.4. The maximum Gasteiger partial charge on any atom is 0.490 e. The summed E-state index contributed by atoms with van der Waals surface area (Å²) in [5.74, 6) is -4.32. The van der Waals surface area contributed by atoms with Gasteiger partial charge in [0.05, 0.1) is 32.4 Å². The number of aromatic nitrogens is 2. The van der Waals surface area contributed by atoms with Gasteiger partial charge in [-0.2, -0.15) is 22.6 Å². The Morgan fingerprint density at radius 2 is 1.72 bits per heavy atom. The second-order valence-corrected chi connectivity index (χ2v) is 13.6. The van der Waals surface area contributed by atoms with Gasteiger partial charge in [0.15, 0.2) is 0 Å². The van der Waals surface area contributed by atoms with E-state index in [0.29, 0.717) is 18.5 Å². The van der Waals surface area contributed by atoms with Gasteiger partial charge in [0.2, 0.25) is 15.9 Å². The van der Waals surface area contributed by atoms with Gasteiger partial charge in [0, 0.05) is 31.4 Å². The first-order valence-corrected chi connectivity index (χ1v) is 16.7. The molecular formula is C30H32Cl2F3N7O7S. The molecule has 4 rings (SSSR count). The van der Waals surface area contributed by atoms with Crippen LogP contribution < -0.4 is 16.0 Å². The summed E-state index contributed by atoms with van der Waals surface area (Å²) in [6.45, 7) is 1.01. The highest BCUT2D eigenvalue weighted by molar-refractivity contribution is 7.89. The largest absolute Gasteiger partial charge is 0.490 e. The number of carboxylic acids is 1. The summed E-state index contributed by atoms with van der Waals surface area (Å²) in [6.07, 6.45) is 0.429. The predicted octanol–water partition coefficient (Wildman–Crippen LogP) is 4.24. The fourth-order valence-electron chi connectivity index (χ4n) is 4.37. The first kappa shape index (κ1) is 39.9. The van der Waals surface area contributed by atoms with E-state index in [1.54, 1.807) is 24.3 Å². The molecule has 1 saturated heterocycles. The van der Waals surface area contributed by atoms with Crippen molar-refractivity contribution in [3.05, 3.63) is 82.1 Å². The molecule has 0 unspecified atom stereocenters. The number of halogens is 5. The van der Waals surface area contributed by atoms with Gasteiger partial charge >= 0.3 is 12.1 Å². The Morgan fingerprint density at radius 1 is 1.08 bits per heavy atom. The number of aliphatic carboxylic acids is 1. The lowest BCUT2D eigenvalue weighted by atomic mass is 10.2. The zero-order chi connectivity index (χ0) is 37.2. The van der Waals surface area contributed by atoms with Crippen molar-refractivity contribution in [3.63, 3.8) is 0 Å². The highest BCUT2D eigenvalue weighted by Crippen LogP contribution is 2.27. The Morgan fingerprint density at radius 3 is 2.34 bits per heavy atom. The van der Waals surface area contributed by atoms with Crippen LogP contribution in [0.4, 0.5) is 24.5 Å². The van der Waals surface area contributed by atoms with Crippen molar-refractivity contribution in [1.82, 2.24) is 24.7 Å². The monoisotopic (exact) mass is 761 g/mol. The second kappa shape index (κ2) is 17.4. The van der Waals surface area contributed by atoms with Gasteiger partial charge in [-0.1, -0.05) is 41.4 Å². The molecule has 1 fully saturated rings. The number of alkyl halides is 3. The number of carboxylic acid groups (broad SMARTS) is 1. The van der Waals surface area contributed by atoms with Gasteiger partial charge < -0.3 is 26.0 Å². The van der Waals surface area contributed by atoms with E-state index in [1.165, 1.54) is 40.8 Å². The van der Waals surface area contributed by atoms with E-state index in [9.17, 15) is 36.0 Å². The summed E-state index contributed by atoms with van der Waals surface area (Å²) >= 11 is 12.2. The van der Waals surface area contributed by atoms with Gasteiger partial charge in [-0.3, -0.25) is 19.5 Å². The molecular weight excluding hydrogens is 730 g/mol. The number of hydrogen-bond donors (Lipinski definition) is 5. The molecule has 1 aromatic heterocycles. The molecule has 0 saturated carbocycles. The Balaban J connectivity index is 0.000000872. The Bertz CT molecular complexity index is 1830. The fourth-order valence-corrected chi connectivity index (χ4v) is 6.48. The number of nitrogens with one attached hydrogen (secondary N) is 4. The highest BCUT2D eigenvalue weighted by Gasteiger charge is 2.38. The lowest BCUT2D eigenvalue weighted by molar-refractivity contribution is -0.192.